The Labute approximate surface area is 226 Å². The van der Waals surface area contributed by atoms with Crippen LogP contribution in [-0.2, 0) is 6.18 Å². The number of halogens is 3. The molecule has 1 N–H and O–H groups in total. The first-order valence-corrected chi connectivity index (χ1v) is 13.3. The van der Waals surface area contributed by atoms with Gasteiger partial charge in [0.1, 0.15) is 5.75 Å². The minimum absolute atomic E-state index is 0.0491. The number of unbranched alkanes of at least 4 members (excludes halogenated alkanes) is 6. The molecule has 3 aromatic carbocycles. The number of rotatable bonds is 12. The number of pyridine rings is 1. The van der Waals surface area contributed by atoms with Crippen molar-refractivity contribution < 1.29 is 27.8 Å². The Hall–Kier alpha value is -3.87. The Morgan fingerprint density at radius 1 is 0.795 bits per heavy atom. The normalized spacial score (nSPS) is 11.6. The number of ether oxygens (including phenoxy) is 1. The van der Waals surface area contributed by atoms with Gasteiger partial charge in [0.2, 0.25) is 0 Å². The molecule has 0 unspecified atom stereocenters. The number of benzene rings is 3. The Bertz CT molecular complexity index is 1400. The van der Waals surface area contributed by atoms with Gasteiger partial charge >= 0.3 is 12.1 Å². The molecule has 0 radical (unpaired) electrons. The van der Waals surface area contributed by atoms with Crippen molar-refractivity contribution in [2.24, 2.45) is 0 Å². The third-order valence-corrected chi connectivity index (χ3v) is 6.75. The van der Waals surface area contributed by atoms with Gasteiger partial charge in [0, 0.05) is 10.9 Å². The van der Waals surface area contributed by atoms with Crippen molar-refractivity contribution >= 4 is 16.9 Å². The van der Waals surface area contributed by atoms with Gasteiger partial charge in [-0.2, -0.15) is 13.2 Å². The molecule has 1 heterocycles. The number of carboxylic acids is 1. The van der Waals surface area contributed by atoms with Crippen LogP contribution in [0.15, 0.2) is 72.8 Å². The van der Waals surface area contributed by atoms with Gasteiger partial charge in [-0.05, 0) is 53.9 Å². The summed E-state index contributed by atoms with van der Waals surface area (Å²) in [6.45, 7) is 2.93. The van der Waals surface area contributed by atoms with Crippen LogP contribution in [0.4, 0.5) is 13.2 Å². The Morgan fingerprint density at radius 2 is 1.38 bits per heavy atom. The topological polar surface area (TPSA) is 59.4 Å². The lowest BCUT2D eigenvalue weighted by atomic mass is 10.00. The van der Waals surface area contributed by atoms with Gasteiger partial charge in [0.25, 0.3) is 0 Å². The van der Waals surface area contributed by atoms with Crippen molar-refractivity contribution in [3.05, 3.63) is 83.9 Å². The van der Waals surface area contributed by atoms with Crippen LogP contribution < -0.4 is 4.74 Å². The molecule has 0 spiro atoms. The minimum Gasteiger partial charge on any atom is -0.494 e. The molecule has 0 aliphatic heterocycles. The van der Waals surface area contributed by atoms with Gasteiger partial charge in [0.05, 0.1) is 28.9 Å². The predicted molar refractivity (Wildman–Crippen MR) is 148 cm³/mol. The molecule has 4 rings (SSSR count). The Kier molecular flexibility index (Phi) is 9.23. The van der Waals surface area contributed by atoms with Gasteiger partial charge in [-0.1, -0.05) is 81.8 Å². The summed E-state index contributed by atoms with van der Waals surface area (Å²) in [5.41, 5.74) is 2.06. The van der Waals surface area contributed by atoms with Gasteiger partial charge in [-0.15, -0.1) is 0 Å². The Morgan fingerprint density at radius 3 is 2.00 bits per heavy atom. The third-order valence-electron chi connectivity index (χ3n) is 6.75. The largest absolute Gasteiger partial charge is 0.494 e. The number of alkyl halides is 3. The number of fused-ring (bicyclic) bond motifs is 1. The molecule has 0 fully saturated rings. The van der Waals surface area contributed by atoms with E-state index in [4.69, 9.17) is 4.74 Å². The smallest absolute Gasteiger partial charge is 0.416 e. The highest BCUT2D eigenvalue weighted by molar-refractivity contribution is 6.04. The predicted octanol–water partition coefficient (Wildman–Crippen LogP) is 9.42. The second-order valence-corrected chi connectivity index (χ2v) is 9.66. The number of aromatic carboxylic acids is 1. The van der Waals surface area contributed by atoms with E-state index in [2.05, 4.69) is 11.9 Å². The number of hydrogen-bond donors (Lipinski definition) is 1. The highest BCUT2D eigenvalue weighted by atomic mass is 19.4. The first kappa shape index (κ1) is 28.1. The second kappa shape index (κ2) is 12.8. The lowest BCUT2D eigenvalue weighted by molar-refractivity contribution is -0.137. The van der Waals surface area contributed by atoms with Gasteiger partial charge < -0.3 is 9.84 Å². The summed E-state index contributed by atoms with van der Waals surface area (Å²) in [5.74, 6) is -0.481. The first-order valence-electron chi connectivity index (χ1n) is 13.3. The van der Waals surface area contributed by atoms with Crippen LogP contribution in [0.5, 0.6) is 5.75 Å². The average Bonchev–Trinajstić information content (AvgIpc) is 2.93. The summed E-state index contributed by atoms with van der Waals surface area (Å²) in [6.07, 6.45) is 4.09. The van der Waals surface area contributed by atoms with Crippen molar-refractivity contribution in [1.82, 2.24) is 4.98 Å². The van der Waals surface area contributed by atoms with Crippen LogP contribution in [0.3, 0.4) is 0 Å². The van der Waals surface area contributed by atoms with Crippen molar-refractivity contribution in [2.75, 3.05) is 6.61 Å². The second-order valence-electron chi connectivity index (χ2n) is 9.66. The molecule has 0 aliphatic rings. The van der Waals surface area contributed by atoms with E-state index in [0.29, 0.717) is 17.9 Å². The van der Waals surface area contributed by atoms with Gasteiger partial charge in [-0.25, -0.2) is 9.78 Å². The van der Waals surface area contributed by atoms with Gasteiger partial charge in [0.15, 0.2) is 0 Å². The zero-order chi connectivity index (χ0) is 27.8. The fraction of sp³-hybridized carbons (Fsp3) is 0.312. The highest BCUT2D eigenvalue weighted by Gasteiger charge is 2.31. The van der Waals surface area contributed by atoms with Crippen molar-refractivity contribution in [2.45, 2.75) is 58.0 Å². The molecule has 0 saturated heterocycles. The van der Waals surface area contributed by atoms with Crippen LogP contribution >= 0.6 is 0 Å². The van der Waals surface area contributed by atoms with E-state index in [1.807, 2.05) is 48.5 Å². The number of carbonyl (C=O) groups is 1. The van der Waals surface area contributed by atoms with E-state index in [1.165, 1.54) is 50.7 Å². The van der Waals surface area contributed by atoms with E-state index in [9.17, 15) is 23.1 Å². The van der Waals surface area contributed by atoms with E-state index >= 15 is 0 Å². The zero-order valence-electron chi connectivity index (χ0n) is 21.9. The monoisotopic (exact) mass is 535 g/mol. The fourth-order valence-corrected chi connectivity index (χ4v) is 4.55. The number of hydrogen-bond acceptors (Lipinski definition) is 3. The molecular formula is C32H32F3NO3. The molecule has 1 aromatic heterocycles. The third kappa shape index (κ3) is 7.37. The van der Waals surface area contributed by atoms with E-state index in [0.717, 1.165) is 35.4 Å². The summed E-state index contributed by atoms with van der Waals surface area (Å²) in [4.78, 5) is 16.3. The molecular weight excluding hydrogens is 503 g/mol. The standard InChI is InChI=1S/C32H32F3NO3/c1-2-3-4-5-6-7-8-19-39-26-16-13-23(14-17-26)22-9-11-24(12-10-22)30-21-28(31(37)38)27-20-25(32(33,34)35)15-18-29(27)36-30/h9-18,20-21H,2-8,19H2,1H3,(H,37,38). The molecule has 0 atom stereocenters. The molecule has 0 aliphatic carbocycles. The summed E-state index contributed by atoms with van der Waals surface area (Å²) in [6, 6.07) is 19.6. The average molecular weight is 536 g/mol. The van der Waals surface area contributed by atoms with Crippen LogP contribution in [-0.4, -0.2) is 22.7 Å². The fourth-order valence-electron chi connectivity index (χ4n) is 4.55. The highest BCUT2D eigenvalue weighted by Crippen LogP contribution is 2.34. The molecule has 39 heavy (non-hydrogen) atoms. The van der Waals surface area contributed by atoms with E-state index in [1.54, 1.807) is 0 Å². The maximum atomic E-state index is 13.1. The van der Waals surface area contributed by atoms with Crippen LogP contribution in [0, 0.1) is 0 Å². The van der Waals surface area contributed by atoms with Crippen LogP contribution in [0.2, 0.25) is 0 Å². The summed E-state index contributed by atoms with van der Waals surface area (Å²) in [7, 11) is 0. The maximum Gasteiger partial charge on any atom is 0.416 e. The molecule has 204 valence electrons. The van der Waals surface area contributed by atoms with Crippen LogP contribution in [0.25, 0.3) is 33.3 Å². The first-order chi connectivity index (χ1) is 18.8. The lowest BCUT2D eigenvalue weighted by Crippen LogP contribution is -2.06. The van der Waals surface area contributed by atoms with Crippen molar-refractivity contribution in [1.29, 1.82) is 0 Å². The van der Waals surface area contributed by atoms with Gasteiger partial charge in [-0.3, -0.25) is 0 Å². The van der Waals surface area contributed by atoms with E-state index in [-0.39, 0.29) is 16.5 Å². The molecule has 7 heteroatoms. The van der Waals surface area contributed by atoms with Crippen molar-refractivity contribution in [3.8, 4) is 28.1 Å². The van der Waals surface area contributed by atoms with Crippen molar-refractivity contribution in [3.63, 3.8) is 0 Å². The number of nitrogens with zero attached hydrogens (tertiary/aromatic N) is 1. The summed E-state index contributed by atoms with van der Waals surface area (Å²) >= 11 is 0. The zero-order valence-corrected chi connectivity index (χ0v) is 21.9. The molecule has 4 aromatic rings. The SMILES string of the molecule is CCCCCCCCCOc1ccc(-c2ccc(-c3cc(C(=O)O)c4cc(C(F)(F)F)ccc4n3)cc2)cc1. The molecule has 0 saturated carbocycles. The van der Waals surface area contributed by atoms with E-state index < -0.39 is 17.7 Å². The minimum atomic E-state index is -4.57. The number of aromatic nitrogens is 1. The quantitative estimate of drug-likeness (QED) is 0.184. The lowest BCUT2D eigenvalue weighted by Gasteiger charge is -2.11. The summed E-state index contributed by atoms with van der Waals surface area (Å²) in [5, 5.41) is 9.62. The molecule has 0 amide bonds. The Balaban J connectivity index is 1.43. The number of carboxylic acid groups (broad SMARTS) is 1. The molecule has 4 nitrogen and oxygen atoms in total. The van der Waals surface area contributed by atoms with Crippen LogP contribution in [0.1, 0.15) is 67.8 Å². The summed E-state index contributed by atoms with van der Waals surface area (Å²) < 4.78 is 45.3. The maximum absolute atomic E-state index is 13.1. The molecule has 0 bridgehead atoms.